The lowest BCUT2D eigenvalue weighted by atomic mass is 9.88. The van der Waals surface area contributed by atoms with Gasteiger partial charge in [0, 0.05) is 85.4 Å². The van der Waals surface area contributed by atoms with Crippen LogP contribution < -0.4 is 15.1 Å². The fraction of sp³-hybridized carbons (Fsp3) is 0.405. The van der Waals surface area contributed by atoms with Gasteiger partial charge in [-0.1, -0.05) is 36.7 Å². The minimum Gasteiger partial charge on any atom is -0.475 e. The summed E-state index contributed by atoms with van der Waals surface area (Å²) in [6.07, 6.45) is -3.93. The van der Waals surface area contributed by atoms with Gasteiger partial charge in [0.2, 0.25) is 11.9 Å². The van der Waals surface area contributed by atoms with E-state index < -0.39 is 30.3 Å². The number of alkyl halides is 6. The minimum atomic E-state index is -5.08. The Bertz CT molecular complexity index is 2020. The number of hydrogen-bond acceptors (Lipinski definition) is 8. The number of urea groups is 1. The van der Waals surface area contributed by atoms with Gasteiger partial charge >= 0.3 is 30.3 Å². The summed E-state index contributed by atoms with van der Waals surface area (Å²) in [6.45, 7) is 5.65. The van der Waals surface area contributed by atoms with Crippen molar-refractivity contribution >= 4 is 58.0 Å². The average molecular weight is 843 g/mol. The number of aromatic amines is 1. The minimum absolute atomic E-state index is 0.125. The van der Waals surface area contributed by atoms with E-state index in [1.54, 1.807) is 23.4 Å². The number of halogens is 7. The van der Waals surface area contributed by atoms with E-state index in [2.05, 4.69) is 36.1 Å². The summed E-state index contributed by atoms with van der Waals surface area (Å²) < 4.78 is 63.5. The Kier molecular flexibility index (Phi) is 14.9. The molecule has 58 heavy (non-hydrogen) atoms. The molecule has 1 fully saturated rings. The fourth-order valence-electron chi connectivity index (χ4n) is 6.57. The van der Waals surface area contributed by atoms with Gasteiger partial charge in [-0.05, 0) is 67.9 Å². The van der Waals surface area contributed by atoms with Crippen molar-refractivity contribution in [3.05, 3.63) is 83.3 Å². The van der Waals surface area contributed by atoms with Crippen LogP contribution in [0.1, 0.15) is 24.0 Å². The van der Waals surface area contributed by atoms with Crippen molar-refractivity contribution in [2.24, 2.45) is 5.92 Å². The molecule has 1 saturated heterocycles. The Morgan fingerprint density at radius 1 is 0.931 bits per heavy atom. The molecule has 21 heteroatoms. The summed E-state index contributed by atoms with van der Waals surface area (Å²) in [6, 6.07) is 14.5. The number of rotatable bonds is 7. The summed E-state index contributed by atoms with van der Waals surface area (Å²) in [5.41, 5.74) is 3.89. The number of aromatic nitrogens is 3. The number of carbonyl (C=O) groups excluding carboxylic acids is 2. The fourth-order valence-corrected chi connectivity index (χ4v) is 6.76. The van der Waals surface area contributed by atoms with Crippen LogP contribution >= 0.6 is 11.6 Å². The third kappa shape index (κ3) is 11.9. The first-order valence-electron chi connectivity index (χ1n) is 17.7. The summed E-state index contributed by atoms with van der Waals surface area (Å²) >= 11 is 6.41. The highest BCUT2D eigenvalue weighted by atomic mass is 35.5. The lowest BCUT2D eigenvalue weighted by molar-refractivity contribution is -0.193. The maximum atomic E-state index is 14.7. The Labute approximate surface area is 333 Å². The molecule has 3 atom stereocenters. The molecule has 0 spiro atoms. The number of para-hydroxylation sites is 1. The Hall–Kier alpha value is -5.63. The van der Waals surface area contributed by atoms with Crippen molar-refractivity contribution in [2.75, 3.05) is 63.2 Å². The molecule has 0 bridgehead atoms. The molecule has 4 heterocycles. The number of carboxylic acid groups (broad SMARTS) is 2. The molecule has 2 aromatic carbocycles. The third-order valence-electron chi connectivity index (χ3n) is 9.21. The first kappa shape index (κ1) is 45.1. The number of hydrogen-bond donors (Lipinski definition) is 4. The number of H-pyrrole nitrogens is 1. The molecule has 2 aromatic heterocycles. The van der Waals surface area contributed by atoms with Crippen molar-refractivity contribution in [2.45, 2.75) is 37.7 Å². The molecule has 14 nitrogen and oxygen atoms in total. The lowest BCUT2D eigenvalue weighted by Gasteiger charge is -2.40. The molecular weight excluding hydrogens is 802 g/mol. The van der Waals surface area contributed by atoms with Gasteiger partial charge in [-0.15, -0.1) is 0 Å². The van der Waals surface area contributed by atoms with Crippen molar-refractivity contribution in [3.63, 3.8) is 0 Å². The number of carbonyl (C=O) groups is 4. The van der Waals surface area contributed by atoms with Crippen LogP contribution in [0.5, 0.6) is 0 Å². The van der Waals surface area contributed by atoms with Crippen LogP contribution in [-0.4, -0.2) is 131 Å². The molecule has 3 amide bonds. The van der Waals surface area contributed by atoms with Gasteiger partial charge in [0.1, 0.15) is 6.04 Å². The molecule has 2 aliphatic rings. The number of carboxylic acids is 2. The van der Waals surface area contributed by atoms with Crippen molar-refractivity contribution < 1.29 is 55.7 Å². The molecule has 2 aliphatic heterocycles. The van der Waals surface area contributed by atoms with E-state index in [0.717, 1.165) is 40.7 Å². The van der Waals surface area contributed by atoms with Gasteiger partial charge in [-0.2, -0.15) is 26.3 Å². The molecule has 4 aromatic rings. The van der Waals surface area contributed by atoms with Gasteiger partial charge in [-0.25, -0.2) is 24.4 Å². The third-order valence-corrected chi connectivity index (χ3v) is 9.45. The molecule has 314 valence electrons. The van der Waals surface area contributed by atoms with Crippen molar-refractivity contribution in [1.82, 2.24) is 30.1 Å². The highest BCUT2D eigenvalue weighted by Crippen LogP contribution is 2.35. The summed E-state index contributed by atoms with van der Waals surface area (Å²) in [5.74, 6) is -5.05. The predicted octanol–water partition coefficient (Wildman–Crippen LogP) is 5.65. The topological polar surface area (TPSA) is 175 Å². The molecule has 0 aliphatic carbocycles. The van der Waals surface area contributed by atoms with Gasteiger partial charge in [-0.3, -0.25) is 4.79 Å². The Balaban J connectivity index is 0.000000456. The lowest BCUT2D eigenvalue weighted by Crippen LogP contribution is -2.58. The van der Waals surface area contributed by atoms with E-state index in [1.807, 2.05) is 68.5 Å². The Morgan fingerprint density at radius 2 is 1.52 bits per heavy atom. The van der Waals surface area contributed by atoms with Crippen LogP contribution in [0.4, 0.5) is 42.8 Å². The number of amides is 3. The second-order valence-electron chi connectivity index (χ2n) is 13.7. The van der Waals surface area contributed by atoms with Crippen LogP contribution in [0.2, 0.25) is 5.02 Å². The first-order chi connectivity index (χ1) is 27.2. The summed E-state index contributed by atoms with van der Waals surface area (Å²) in [7, 11) is 4.09. The van der Waals surface area contributed by atoms with Crippen molar-refractivity contribution in [1.29, 1.82) is 0 Å². The van der Waals surface area contributed by atoms with Gasteiger partial charge < -0.3 is 40.1 Å². The molecule has 0 radical (unpaired) electrons. The van der Waals surface area contributed by atoms with E-state index in [9.17, 15) is 35.9 Å². The van der Waals surface area contributed by atoms with Crippen LogP contribution in [-0.2, 0) is 20.8 Å². The highest BCUT2D eigenvalue weighted by Gasteiger charge is 2.40. The number of benzene rings is 2. The molecular formula is C37H41ClF6N8O6. The molecule has 2 unspecified atom stereocenters. The second kappa shape index (κ2) is 19.2. The zero-order valence-electron chi connectivity index (χ0n) is 31.4. The smallest absolute Gasteiger partial charge is 0.475 e. The number of nitrogens with zero attached hydrogens (tertiary/aromatic N) is 6. The van der Waals surface area contributed by atoms with Crippen LogP contribution in [0.15, 0.2) is 67.1 Å². The number of anilines is 2. The largest absolute Gasteiger partial charge is 0.490 e. The summed E-state index contributed by atoms with van der Waals surface area (Å²) in [4.78, 5) is 66.3. The van der Waals surface area contributed by atoms with E-state index in [4.69, 9.17) is 31.4 Å². The average Bonchev–Trinajstić information content (AvgIpc) is 3.60. The number of piperazine rings is 1. The number of nitrogens with one attached hydrogen (secondary N) is 2. The van der Waals surface area contributed by atoms with Gasteiger partial charge in [0.05, 0.1) is 0 Å². The predicted molar refractivity (Wildman–Crippen MR) is 202 cm³/mol. The van der Waals surface area contributed by atoms with Crippen LogP contribution in [0, 0.1) is 5.92 Å². The second-order valence-corrected chi connectivity index (χ2v) is 14.1. The van der Waals surface area contributed by atoms with Crippen LogP contribution in [0.3, 0.4) is 0 Å². The standard InChI is InChI=1S/C33H39ClN8O2.2C2HF3O2/c1-22(27-19-37-28-8-5-4-7-26(27)28)30(38-33(44)41-15-13-40(14-16-41)32-35-11-6-12-36-32)31(43)42-21-23(20-39(2)3)17-24-18-25(34)9-10-29(24)42;2*3-2(4,5)1(6)7/h4-12,18-19,22-23,30,37H,13-17,20-21H2,1-3H3,(H,38,44);2*(H,6,7)/t22?,23-,30?;;/m1../s1. The summed E-state index contributed by atoms with van der Waals surface area (Å²) in [5, 5.41) is 19.1. The SMILES string of the molecule is CC(c1c[nH]c2ccccc12)C(NC(=O)N1CCN(c2ncccn2)CC1)C(=O)N1C[C@@H](CN(C)C)Cc2cc(Cl)ccc21.O=C(O)C(F)(F)F.O=C(O)C(F)(F)F. The first-order valence-corrected chi connectivity index (χ1v) is 18.0. The molecule has 0 saturated carbocycles. The van der Waals surface area contributed by atoms with Crippen LogP contribution in [0.25, 0.3) is 10.9 Å². The normalized spacial score (nSPS) is 16.6. The molecule has 6 rings (SSSR count). The Morgan fingerprint density at radius 3 is 2.09 bits per heavy atom. The van der Waals surface area contributed by atoms with Gasteiger partial charge in [0.25, 0.3) is 0 Å². The number of fused-ring (bicyclic) bond motifs is 2. The van der Waals surface area contributed by atoms with Gasteiger partial charge in [0.15, 0.2) is 0 Å². The van der Waals surface area contributed by atoms with E-state index in [1.165, 1.54) is 0 Å². The van der Waals surface area contributed by atoms with E-state index >= 15 is 0 Å². The maximum absolute atomic E-state index is 14.7. The monoisotopic (exact) mass is 842 g/mol. The van der Waals surface area contributed by atoms with E-state index in [0.29, 0.717) is 43.7 Å². The maximum Gasteiger partial charge on any atom is 0.490 e. The quantitative estimate of drug-likeness (QED) is 0.170. The number of aliphatic carboxylic acids is 2. The zero-order valence-corrected chi connectivity index (χ0v) is 32.1. The molecule has 4 N–H and O–H groups in total. The zero-order chi connectivity index (χ0) is 42.9. The van der Waals surface area contributed by atoms with Crippen molar-refractivity contribution in [3.8, 4) is 0 Å². The van der Waals surface area contributed by atoms with E-state index in [-0.39, 0.29) is 23.8 Å². The highest BCUT2D eigenvalue weighted by molar-refractivity contribution is 6.30.